The Morgan fingerprint density at radius 2 is 1.83 bits per heavy atom. The molecule has 1 amide bonds. The van der Waals surface area contributed by atoms with Crippen molar-refractivity contribution < 1.29 is 22.7 Å². The number of carbonyl (C=O) groups is 1. The second-order valence-electron chi connectivity index (χ2n) is 8.82. The minimum atomic E-state index is -4.20. The van der Waals surface area contributed by atoms with Crippen molar-refractivity contribution >= 4 is 6.09 Å². The van der Waals surface area contributed by atoms with Gasteiger partial charge in [-0.15, -0.1) is 0 Å². The van der Waals surface area contributed by atoms with Gasteiger partial charge in [0, 0.05) is 13.1 Å². The maximum Gasteiger partial charge on any atom is 0.410 e. The summed E-state index contributed by atoms with van der Waals surface area (Å²) in [5, 5.41) is 2.50. The molecular weight excluding hydrogens is 321 g/mol. The van der Waals surface area contributed by atoms with E-state index in [2.05, 4.69) is 5.32 Å². The van der Waals surface area contributed by atoms with Crippen LogP contribution in [-0.2, 0) is 4.74 Å². The summed E-state index contributed by atoms with van der Waals surface area (Å²) in [6.45, 7) is 5.52. The third kappa shape index (κ3) is 3.81. The number of carbonyl (C=O) groups excluding carboxylic acids is 1. The van der Waals surface area contributed by atoms with Crippen molar-refractivity contribution in [3.63, 3.8) is 0 Å². The van der Waals surface area contributed by atoms with E-state index in [0.29, 0.717) is 13.1 Å². The van der Waals surface area contributed by atoms with Gasteiger partial charge in [0.05, 0.1) is 12.1 Å². The fourth-order valence-electron chi connectivity index (χ4n) is 3.99. The zero-order valence-electron chi connectivity index (χ0n) is 14.6. The van der Waals surface area contributed by atoms with E-state index >= 15 is 0 Å². The maximum atomic E-state index is 12.7. The lowest BCUT2D eigenvalue weighted by Crippen LogP contribution is -2.52. The van der Waals surface area contributed by atoms with Crippen molar-refractivity contribution in [2.24, 2.45) is 11.3 Å². The summed E-state index contributed by atoms with van der Waals surface area (Å²) in [6, 6.07) is 0. The number of amides is 1. The molecule has 1 saturated heterocycles. The van der Waals surface area contributed by atoms with E-state index in [1.807, 2.05) is 25.7 Å². The van der Waals surface area contributed by atoms with Gasteiger partial charge in [0.15, 0.2) is 0 Å². The molecule has 7 heteroatoms. The van der Waals surface area contributed by atoms with Crippen LogP contribution in [0.15, 0.2) is 0 Å². The van der Waals surface area contributed by atoms with E-state index < -0.39 is 18.3 Å². The highest BCUT2D eigenvalue weighted by Crippen LogP contribution is 2.62. The van der Waals surface area contributed by atoms with Crippen LogP contribution in [0.2, 0.25) is 0 Å². The SMILES string of the molecule is CC(C)(C)OC(=O)N1CC2(CC2)CC[C@]12C[C@H]2CNCC(F)(F)F. The Labute approximate surface area is 141 Å². The largest absolute Gasteiger partial charge is 0.444 e. The molecule has 1 N–H and O–H groups in total. The average molecular weight is 348 g/mol. The van der Waals surface area contributed by atoms with Gasteiger partial charge in [-0.05, 0) is 64.2 Å². The highest BCUT2D eigenvalue weighted by Gasteiger charge is 2.65. The molecule has 24 heavy (non-hydrogen) atoms. The smallest absolute Gasteiger partial charge is 0.410 e. The number of hydrogen-bond acceptors (Lipinski definition) is 3. The molecule has 2 saturated carbocycles. The second kappa shape index (κ2) is 5.51. The Hall–Kier alpha value is -0.980. The number of likely N-dealkylation sites (tertiary alicyclic amines) is 1. The number of halogens is 3. The maximum absolute atomic E-state index is 12.7. The van der Waals surface area contributed by atoms with Crippen molar-refractivity contribution in [2.75, 3.05) is 19.6 Å². The second-order valence-corrected chi connectivity index (χ2v) is 8.82. The van der Waals surface area contributed by atoms with Gasteiger partial charge in [-0.1, -0.05) is 0 Å². The highest BCUT2D eigenvalue weighted by atomic mass is 19.4. The highest BCUT2D eigenvalue weighted by molar-refractivity contribution is 5.70. The normalized spacial score (nSPS) is 31.4. The van der Waals surface area contributed by atoms with Crippen molar-refractivity contribution in [1.29, 1.82) is 0 Å². The van der Waals surface area contributed by atoms with Crippen LogP contribution in [0.4, 0.5) is 18.0 Å². The summed E-state index contributed by atoms with van der Waals surface area (Å²) >= 11 is 0. The number of ether oxygens (including phenoxy) is 1. The Kier molecular flexibility index (Phi) is 4.09. The number of nitrogens with zero attached hydrogens (tertiary/aromatic N) is 1. The molecule has 2 aliphatic carbocycles. The minimum Gasteiger partial charge on any atom is -0.444 e. The van der Waals surface area contributed by atoms with Gasteiger partial charge < -0.3 is 15.0 Å². The predicted octanol–water partition coefficient (Wildman–Crippen LogP) is 3.71. The summed E-state index contributed by atoms with van der Waals surface area (Å²) in [6.07, 6.45) is 0.489. The quantitative estimate of drug-likeness (QED) is 0.845. The first-order valence-corrected chi connectivity index (χ1v) is 8.73. The van der Waals surface area contributed by atoms with E-state index in [9.17, 15) is 18.0 Å². The van der Waals surface area contributed by atoms with Gasteiger partial charge >= 0.3 is 12.3 Å². The molecule has 3 rings (SSSR count). The van der Waals surface area contributed by atoms with Crippen molar-refractivity contribution in [2.45, 2.75) is 70.2 Å². The van der Waals surface area contributed by atoms with Crippen molar-refractivity contribution in [3.05, 3.63) is 0 Å². The molecular formula is C17H27F3N2O2. The van der Waals surface area contributed by atoms with Crippen LogP contribution in [0, 0.1) is 11.3 Å². The van der Waals surface area contributed by atoms with Crippen LogP contribution in [0.3, 0.4) is 0 Å². The molecule has 0 bridgehead atoms. The van der Waals surface area contributed by atoms with Crippen molar-refractivity contribution in [3.8, 4) is 0 Å². The molecule has 2 spiro atoms. The van der Waals surface area contributed by atoms with Gasteiger partial charge in [-0.25, -0.2) is 4.79 Å². The molecule has 1 heterocycles. The van der Waals surface area contributed by atoms with E-state index in [1.54, 1.807) is 0 Å². The lowest BCUT2D eigenvalue weighted by molar-refractivity contribution is -0.125. The number of hydrogen-bond donors (Lipinski definition) is 1. The number of nitrogens with one attached hydrogen (secondary N) is 1. The first-order chi connectivity index (χ1) is 10.9. The first kappa shape index (κ1) is 17.8. The summed E-state index contributed by atoms with van der Waals surface area (Å²) in [7, 11) is 0. The molecule has 2 atom stereocenters. The lowest BCUT2D eigenvalue weighted by Gasteiger charge is -2.42. The fraction of sp³-hybridized carbons (Fsp3) is 0.941. The topological polar surface area (TPSA) is 41.6 Å². The molecule has 0 radical (unpaired) electrons. The van der Waals surface area contributed by atoms with Crippen LogP contribution >= 0.6 is 0 Å². The first-order valence-electron chi connectivity index (χ1n) is 8.73. The number of alkyl halides is 3. The molecule has 4 nitrogen and oxygen atoms in total. The van der Waals surface area contributed by atoms with Crippen molar-refractivity contribution in [1.82, 2.24) is 10.2 Å². The molecule has 138 valence electrons. The third-order valence-electron chi connectivity index (χ3n) is 5.61. The Bertz CT molecular complexity index is 511. The third-order valence-corrected chi connectivity index (χ3v) is 5.61. The Morgan fingerprint density at radius 1 is 1.21 bits per heavy atom. The van der Waals surface area contributed by atoms with Gasteiger partial charge in [0.1, 0.15) is 5.60 Å². The molecule has 0 unspecified atom stereocenters. The van der Waals surface area contributed by atoms with Gasteiger partial charge in [-0.2, -0.15) is 13.2 Å². The van der Waals surface area contributed by atoms with E-state index in [4.69, 9.17) is 4.74 Å². The monoisotopic (exact) mass is 348 g/mol. The van der Waals surface area contributed by atoms with Gasteiger partial charge in [-0.3, -0.25) is 0 Å². The molecule has 0 aromatic carbocycles. The van der Waals surface area contributed by atoms with E-state index in [0.717, 1.165) is 32.1 Å². The van der Waals surface area contributed by atoms with Crippen LogP contribution in [-0.4, -0.2) is 47.9 Å². The average Bonchev–Trinajstić information content (AvgIpc) is 3.28. The van der Waals surface area contributed by atoms with Crippen LogP contribution in [0.25, 0.3) is 0 Å². The summed E-state index contributed by atoms with van der Waals surface area (Å²) in [5.41, 5.74) is -0.616. The summed E-state index contributed by atoms with van der Waals surface area (Å²) < 4.78 is 42.5. The fourth-order valence-corrected chi connectivity index (χ4v) is 3.99. The standard InChI is InChI=1S/C17H27F3N2O2/c1-14(2,3)24-13(23)22-11-15(4-5-15)6-7-16(22)8-12(16)9-21-10-17(18,19)20/h12,21H,4-11H2,1-3H3/t12-,16+/m0/s1. The summed E-state index contributed by atoms with van der Waals surface area (Å²) in [5.74, 6) is 0.0865. The van der Waals surface area contributed by atoms with Crippen LogP contribution < -0.4 is 5.32 Å². The molecule has 3 fully saturated rings. The summed E-state index contributed by atoms with van der Waals surface area (Å²) in [4.78, 5) is 14.5. The molecule has 0 aromatic rings. The molecule has 0 aromatic heterocycles. The van der Waals surface area contributed by atoms with Gasteiger partial charge in [0.2, 0.25) is 0 Å². The number of rotatable bonds is 3. The van der Waals surface area contributed by atoms with Gasteiger partial charge in [0.25, 0.3) is 0 Å². The van der Waals surface area contributed by atoms with Crippen LogP contribution in [0.1, 0.15) is 52.9 Å². The van der Waals surface area contributed by atoms with E-state index in [1.165, 1.54) is 0 Å². The molecule has 3 aliphatic rings. The lowest BCUT2D eigenvalue weighted by atomic mass is 9.87. The minimum absolute atomic E-state index is 0.0865. The zero-order valence-corrected chi connectivity index (χ0v) is 14.6. The predicted molar refractivity (Wildman–Crippen MR) is 83.6 cm³/mol. The Morgan fingerprint density at radius 3 is 2.38 bits per heavy atom. The zero-order chi connectivity index (χ0) is 17.8. The Balaban J connectivity index is 1.64. The van der Waals surface area contributed by atoms with Crippen LogP contribution in [0.5, 0.6) is 0 Å². The van der Waals surface area contributed by atoms with E-state index in [-0.39, 0.29) is 23.0 Å². The number of piperidine rings is 1. The molecule has 1 aliphatic heterocycles.